The van der Waals surface area contributed by atoms with Crippen molar-refractivity contribution in [2.24, 2.45) is 4.99 Å². The van der Waals surface area contributed by atoms with Gasteiger partial charge in [0.05, 0.1) is 17.6 Å². The third-order valence-corrected chi connectivity index (χ3v) is 3.19. The van der Waals surface area contributed by atoms with E-state index in [0.29, 0.717) is 0 Å². The molecule has 0 fully saturated rings. The minimum absolute atomic E-state index is 0.966. The fourth-order valence-electron chi connectivity index (χ4n) is 1.98. The first-order valence-corrected chi connectivity index (χ1v) is 6.64. The van der Waals surface area contributed by atoms with Crippen LogP contribution in [0.2, 0.25) is 0 Å². The fourth-order valence-corrected chi connectivity index (χ4v) is 1.98. The zero-order valence-corrected chi connectivity index (χ0v) is 11.9. The topological polar surface area (TPSA) is 18.8 Å². The molecular weight excluding hydrogens is 234 g/mol. The van der Waals surface area contributed by atoms with Crippen LogP contribution in [0, 0.1) is 0 Å². The summed E-state index contributed by atoms with van der Waals surface area (Å²) in [5.41, 5.74) is 3.34. The molecule has 19 heavy (non-hydrogen) atoms. The highest BCUT2D eigenvalue weighted by Gasteiger charge is 2.05. The molecule has 1 heterocycles. The third kappa shape index (κ3) is 3.47. The standard InChI is InChI=1S/C16H21N3/c1-4-19-12-6-5-7-16(19)13-17-14-8-10-15(11-9-14)18(2)3/h5-11,13H,4,12H2,1-3H3. The summed E-state index contributed by atoms with van der Waals surface area (Å²) in [4.78, 5) is 8.91. The lowest BCUT2D eigenvalue weighted by Gasteiger charge is -2.24. The maximum absolute atomic E-state index is 4.54. The molecule has 3 nitrogen and oxygen atoms in total. The normalized spacial score (nSPS) is 14.9. The second-order valence-electron chi connectivity index (χ2n) is 4.73. The Morgan fingerprint density at radius 2 is 2.00 bits per heavy atom. The first-order valence-electron chi connectivity index (χ1n) is 6.64. The zero-order chi connectivity index (χ0) is 13.7. The Labute approximate surface area is 115 Å². The Morgan fingerprint density at radius 3 is 2.63 bits per heavy atom. The first-order chi connectivity index (χ1) is 9.20. The van der Waals surface area contributed by atoms with Gasteiger partial charge < -0.3 is 9.80 Å². The first kappa shape index (κ1) is 13.4. The van der Waals surface area contributed by atoms with Crippen molar-refractivity contribution in [2.75, 3.05) is 32.1 Å². The lowest BCUT2D eigenvalue weighted by atomic mass is 10.2. The molecule has 0 saturated heterocycles. The van der Waals surface area contributed by atoms with E-state index in [-0.39, 0.29) is 0 Å². The van der Waals surface area contributed by atoms with E-state index in [1.165, 1.54) is 11.4 Å². The Hall–Kier alpha value is -2.03. The van der Waals surface area contributed by atoms with E-state index in [1.807, 2.05) is 32.4 Å². The van der Waals surface area contributed by atoms with E-state index in [0.717, 1.165) is 18.8 Å². The van der Waals surface area contributed by atoms with E-state index in [2.05, 4.69) is 52.1 Å². The van der Waals surface area contributed by atoms with Gasteiger partial charge in [-0.1, -0.05) is 12.2 Å². The predicted octanol–water partition coefficient (Wildman–Crippen LogP) is 3.23. The molecule has 0 saturated carbocycles. The Balaban J connectivity index is 2.09. The molecular formula is C16H21N3. The minimum Gasteiger partial charge on any atom is -0.378 e. The molecule has 1 aliphatic rings. The van der Waals surface area contributed by atoms with E-state index in [4.69, 9.17) is 0 Å². The van der Waals surface area contributed by atoms with Gasteiger partial charge in [-0.05, 0) is 37.3 Å². The van der Waals surface area contributed by atoms with Crippen LogP contribution in [-0.2, 0) is 0 Å². The van der Waals surface area contributed by atoms with Crippen LogP contribution in [0.3, 0.4) is 0 Å². The van der Waals surface area contributed by atoms with Gasteiger partial charge >= 0.3 is 0 Å². The summed E-state index contributed by atoms with van der Waals surface area (Å²) < 4.78 is 0. The monoisotopic (exact) mass is 255 g/mol. The summed E-state index contributed by atoms with van der Waals surface area (Å²) in [5, 5.41) is 0. The van der Waals surface area contributed by atoms with Crippen LogP contribution >= 0.6 is 0 Å². The van der Waals surface area contributed by atoms with Crippen LogP contribution in [0.4, 0.5) is 11.4 Å². The number of hydrogen-bond acceptors (Lipinski definition) is 3. The molecule has 0 atom stereocenters. The number of anilines is 1. The van der Waals surface area contributed by atoms with Crippen LogP contribution in [0.5, 0.6) is 0 Å². The Morgan fingerprint density at radius 1 is 1.26 bits per heavy atom. The fraction of sp³-hybridized carbons (Fsp3) is 0.312. The van der Waals surface area contributed by atoms with E-state index < -0.39 is 0 Å². The van der Waals surface area contributed by atoms with Gasteiger partial charge in [0.2, 0.25) is 0 Å². The number of nitrogens with zero attached hydrogens (tertiary/aromatic N) is 3. The minimum atomic E-state index is 0.966. The van der Waals surface area contributed by atoms with Gasteiger partial charge in [0.25, 0.3) is 0 Å². The van der Waals surface area contributed by atoms with Crippen molar-refractivity contribution in [3.05, 3.63) is 48.2 Å². The van der Waals surface area contributed by atoms with Crippen LogP contribution in [-0.4, -0.2) is 38.3 Å². The number of rotatable bonds is 4. The summed E-state index contributed by atoms with van der Waals surface area (Å²) in [6.45, 7) is 4.13. The van der Waals surface area contributed by atoms with Gasteiger partial charge in [0.1, 0.15) is 0 Å². The highest BCUT2D eigenvalue weighted by molar-refractivity contribution is 5.81. The summed E-state index contributed by atoms with van der Waals surface area (Å²) in [5.74, 6) is 0. The maximum atomic E-state index is 4.54. The number of allylic oxidation sites excluding steroid dienone is 3. The molecule has 0 spiro atoms. The Bertz CT molecular complexity index is 495. The molecule has 0 radical (unpaired) electrons. The van der Waals surface area contributed by atoms with E-state index >= 15 is 0 Å². The van der Waals surface area contributed by atoms with Gasteiger partial charge in [-0.3, -0.25) is 4.99 Å². The highest BCUT2D eigenvalue weighted by atomic mass is 15.1. The van der Waals surface area contributed by atoms with Gasteiger partial charge in [-0.15, -0.1) is 0 Å². The molecule has 0 aliphatic carbocycles. The van der Waals surface area contributed by atoms with Gasteiger partial charge in [-0.2, -0.15) is 0 Å². The molecule has 1 aromatic rings. The molecule has 1 aliphatic heterocycles. The number of hydrogen-bond donors (Lipinski definition) is 0. The van der Waals surface area contributed by atoms with Gasteiger partial charge in [-0.25, -0.2) is 0 Å². The smallest absolute Gasteiger partial charge is 0.0632 e. The lowest BCUT2D eigenvalue weighted by molar-refractivity contribution is 0.419. The van der Waals surface area contributed by atoms with Crippen molar-refractivity contribution in [1.82, 2.24) is 4.90 Å². The number of likely N-dealkylation sites (N-methyl/N-ethyl adjacent to an activating group) is 1. The quantitative estimate of drug-likeness (QED) is 0.769. The second kappa shape index (κ2) is 6.23. The largest absolute Gasteiger partial charge is 0.378 e. The predicted molar refractivity (Wildman–Crippen MR) is 83.4 cm³/mol. The van der Waals surface area contributed by atoms with Crippen LogP contribution in [0.15, 0.2) is 53.2 Å². The van der Waals surface area contributed by atoms with Crippen molar-refractivity contribution in [3.63, 3.8) is 0 Å². The molecule has 1 aromatic carbocycles. The average Bonchev–Trinajstić information content (AvgIpc) is 2.45. The number of aliphatic imine (C=N–C) groups is 1. The van der Waals surface area contributed by atoms with Crippen molar-refractivity contribution in [1.29, 1.82) is 0 Å². The zero-order valence-electron chi connectivity index (χ0n) is 11.9. The van der Waals surface area contributed by atoms with E-state index in [1.54, 1.807) is 0 Å². The average molecular weight is 255 g/mol. The van der Waals surface area contributed by atoms with Crippen LogP contribution in [0.25, 0.3) is 0 Å². The van der Waals surface area contributed by atoms with Crippen molar-refractivity contribution >= 4 is 17.6 Å². The summed E-state index contributed by atoms with van der Waals surface area (Å²) in [6.07, 6.45) is 8.29. The molecule has 0 bridgehead atoms. The summed E-state index contributed by atoms with van der Waals surface area (Å²) >= 11 is 0. The summed E-state index contributed by atoms with van der Waals surface area (Å²) in [7, 11) is 4.08. The van der Waals surface area contributed by atoms with Crippen molar-refractivity contribution in [3.8, 4) is 0 Å². The molecule has 0 amide bonds. The number of benzene rings is 1. The Kier molecular flexibility index (Phi) is 4.39. The van der Waals surface area contributed by atoms with Crippen molar-refractivity contribution in [2.45, 2.75) is 6.92 Å². The second-order valence-corrected chi connectivity index (χ2v) is 4.73. The van der Waals surface area contributed by atoms with Crippen LogP contribution in [0.1, 0.15) is 6.92 Å². The lowest BCUT2D eigenvalue weighted by Crippen LogP contribution is -2.25. The van der Waals surface area contributed by atoms with Crippen molar-refractivity contribution < 1.29 is 0 Å². The molecule has 0 aromatic heterocycles. The van der Waals surface area contributed by atoms with E-state index in [9.17, 15) is 0 Å². The third-order valence-electron chi connectivity index (χ3n) is 3.19. The maximum Gasteiger partial charge on any atom is 0.0632 e. The summed E-state index contributed by atoms with van der Waals surface area (Å²) in [6, 6.07) is 8.25. The van der Waals surface area contributed by atoms with Crippen LogP contribution < -0.4 is 4.90 Å². The van der Waals surface area contributed by atoms with Gasteiger partial charge in [0.15, 0.2) is 0 Å². The van der Waals surface area contributed by atoms with Gasteiger partial charge in [0, 0.05) is 32.9 Å². The molecule has 100 valence electrons. The molecule has 0 unspecified atom stereocenters. The molecule has 0 N–H and O–H groups in total. The molecule has 3 heteroatoms. The highest BCUT2D eigenvalue weighted by Crippen LogP contribution is 2.18. The SMILES string of the molecule is CCN1CC=CC=C1C=Nc1ccc(N(C)C)cc1. The molecule has 2 rings (SSSR count).